The molecule has 26 heavy (non-hydrogen) atoms. The molecule has 2 aromatic carbocycles. The number of carbonyl (C=O) groups is 1. The predicted octanol–water partition coefficient (Wildman–Crippen LogP) is 4.44. The fourth-order valence-corrected chi connectivity index (χ4v) is 3.45. The molecular formula is C21H18N4O. The van der Waals surface area contributed by atoms with Crippen LogP contribution in [0.4, 0.5) is 5.82 Å². The van der Waals surface area contributed by atoms with E-state index in [2.05, 4.69) is 57.8 Å². The summed E-state index contributed by atoms with van der Waals surface area (Å²) in [5.41, 5.74) is 4.56. The zero-order chi connectivity index (χ0) is 17.7. The summed E-state index contributed by atoms with van der Waals surface area (Å²) in [4.78, 5) is 16.3. The lowest BCUT2D eigenvalue weighted by atomic mass is 9.95. The SMILES string of the molecule is Cc1ccc2[nH]ncc2c1-c1ccc2cc(NC(=O)C3CC3)ncc2c1. The van der Waals surface area contributed by atoms with Crippen LogP contribution in [-0.4, -0.2) is 21.1 Å². The summed E-state index contributed by atoms with van der Waals surface area (Å²) in [6, 6.07) is 12.4. The van der Waals surface area contributed by atoms with E-state index >= 15 is 0 Å². The number of H-pyrrole nitrogens is 1. The molecule has 0 spiro atoms. The number of hydrogen-bond acceptors (Lipinski definition) is 3. The molecule has 5 rings (SSSR count). The van der Waals surface area contributed by atoms with Crippen LogP contribution in [0.3, 0.4) is 0 Å². The maximum atomic E-state index is 11.9. The van der Waals surface area contributed by atoms with Crippen molar-refractivity contribution in [1.29, 1.82) is 0 Å². The van der Waals surface area contributed by atoms with Crippen LogP contribution in [0.2, 0.25) is 0 Å². The monoisotopic (exact) mass is 342 g/mol. The molecule has 1 aliphatic carbocycles. The van der Waals surface area contributed by atoms with E-state index in [0.717, 1.165) is 40.1 Å². The molecule has 1 aliphatic rings. The molecule has 2 N–H and O–H groups in total. The van der Waals surface area contributed by atoms with Gasteiger partial charge in [0.1, 0.15) is 5.82 Å². The lowest BCUT2D eigenvalue weighted by Crippen LogP contribution is -2.14. The first kappa shape index (κ1) is 15.1. The fraction of sp³-hybridized carbons (Fsp3) is 0.190. The molecule has 0 bridgehead atoms. The van der Waals surface area contributed by atoms with E-state index < -0.39 is 0 Å². The highest BCUT2D eigenvalue weighted by Gasteiger charge is 2.29. The molecule has 0 unspecified atom stereocenters. The zero-order valence-electron chi connectivity index (χ0n) is 14.4. The smallest absolute Gasteiger partial charge is 0.228 e. The van der Waals surface area contributed by atoms with Crippen LogP contribution in [0.25, 0.3) is 32.8 Å². The van der Waals surface area contributed by atoms with Gasteiger partial charge in [-0.15, -0.1) is 0 Å². The number of amides is 1. The van der Waals surface area contributed by atoms with Crippen LogP contribution in [0.1, 0.15) is 18.4 Å². The molecule has 1 saturated carbocycles. The second-order valence-corrected chi connectivity index (χ2v) is 6.98. The normalized spacial score (nSPS) is 14.0. The Bertz CT molecular complexity index is 1160. The first-order valence-corrected chi connectivity index (χ1v) is 8.83. The molecule has 0 aliphatic heterocycles. The maximum Gasteiger partial charge on any atom is 0.228 e. The van der Waals surface area contributed by atoms with E-state index in [9.17, 15) is 4.79 Å². The summed E-state index contributed by atoms with van der Waals surface area (Å²) in [6.07, 6.45) is 5.67. The minimum absolute atomic E-state index is 0.0794. The van der Waals surface area contributed by atoms with Gasteiger partial charge in [0.05, 0.1) is 11.7 Å². The Hall–Kier alpha value is -3.21. The van der Waals surface area contributed by atoms with E-state index in [1.807, 2.05) is 18.5 Å². The zero-order valence-corrected chi connectivity index (χ0v) is 14.4. The highest BCUT2D eigenvalue weighted by atomic mass is 16.2. The number of anilines is 1. The number of nitrogens with one attached hydrogen (secondary N) is 2. The standard InChI is InChI=1S/C21H18N4O/c1-12-2-7-18-17(11-23-25-18)20(12)15-6-5-14-9-19(22-10-16(14)8-15)24-21(26)13-3-4-13/h2,5-11,13H,3-4H2,1H3,(H,23,25)(H,22,24,26). The van der Waals surface area contributed by atoms with Crippen LogP contribution in [-0.2, 0) is 4.79 Å². The predicted molar refractivity (Wildman–Crippen MR) is 103 cm³/mol. The third-order valence-electron chi connectivity index (χ3n) is 5.04. The van der Waals surface area contributed by atoms with E-state index in [-0.39, 0.29) is 11.8 Å². The van der Waals surface area contributed by atoms with Gasteiger partial charge >= 0.3 is 0 Å². The Labute approximate surface area is 150 Å². The lowest BCUT2D eigenvalue weighted by Gasteiger charge is -2.10. The van der Waals surface area contributed by atoms with Gasteiger partial charge in [-0.2, -0.15) is 5.10 Å². The lowest BCUT2D eigenvalue weighted by molar-refractivity contribution is -0.117. The van der Waals surface area contributed by atoms with E-state index in [1.54, 1.807) is 0 Å². The number of aryl methyl sites for hydroxylation is 1. The topological polar surface area (TPSA) is 70.7 Å². The summed E-state index contributed by atoms with van der Waals surface area (Å²) >= 11 is 0. The summed E-state index contributed by atoms with van der Waals surface area (Å²) < 4.78 is 0. The summed E-state index contributed by atoms with van der Waals surface area (Å²) in [5.74, 6) is 0.874. The maximum absolute atomic E-state index is 11.9. The molecule has 1 fully saturated rings. The van der Waals surface area contributed by atoms with Crippen molar-refractivity contribution in [2.75, 3.05) is 5.32 Å². The average molecular weight is 342 g/mol. The molecule has 2 aromatic heterocycles. The van der Waals surface area contributed by atoms with Crippen molar-refractivity contribution in [2.24, 2.45) is 5.92 Å². The number of benzene rings is 2. The summed E-state index contributed by atoms with van der Waals surface area (Å²) in [6.45, 7) is 2.11. The number of hydrogen-bond donors (Lipinski definition) is 2. The number of rotatable bonds is 3. The van der Waals surface area contributed by atoms with Gasteiger partial charge in [0.25, 0.3) is 0 Å². The largest absolute Gasteiger partial charge is 0.310 e. The Kier molecular flexibility index (Phi) is 3.28. The number of carbonyl (C=O) groups excluding carboxylic acids is 1. The van der Waals surface area contributed by atoms with Crippen molar-refractivity contribution in [3.8, 4) is 11.1 Å². The van der Waals surface area contributed by atoms with Crippen molar-refractivity contribution in [2.45, 2.75) is 19.8 Å². The van der Waals surface area contributed by atoms with Gasteiger partial charge < -0.3 is 5.32 Å². The van der Waals surface area contributed by atoms with Gasteiger partial charge in [0.2, 0.25) is 5.91 Å². The minimum atomic E-state index is 0.0794. The Balaban J connectivity index is 1.56. The third kappa shape index (κ3) is 2.52. The second kappa shape index (κ2) is 5.66. The van der Waals surface area contributed by atoms with E-state index in [0.29, 0.717) is 5.82 Å². The first-order valence-electron chi connectivity index (χ1n) is 8.83. The van der Waals surface area contributed by atoms with Crippen LogP contribution >= 0.6 is 0 Å². The fourth-order valence-electron chi connectivity index (χ4n) is 3.45. The summed E-state index contributed by atoms with van der Waals surface area (Å²) in [7, 11) is 0. The molecule has 4 aromatic rings. The van der Waals surface area contributed by atoms with Crippen molar-refractivity contribution < 1.29 is 4.79 Å². The van der Waals surface area contributed by atoms with Crippen molar-refractivity contribution in [1.82, 2.24) is 15.2 Å². The van der Waals surface area contributed by atoms with Crippen molar-refractivity contribution in [3.63, 3.8) is 0 Å². The number of nitrogens with zero attached hydrogens (tertiary/aromatic N) is 2. The quantitative estimate of drug-likeness (QED) is 0.578. The van der Waals surface area contributed by atoms with Gasteiger partial charge in [-0.05, 0) is 60.0 Å². The number of fused-ring (bicyclic) bond motifs is 2. The highest BCUT2D eigenvalue weighted by molar-refractivity contribution is 5.99. The van der Waals surface area contributed by atoms with Crippen molar-refractivity contribution in [3.05, 3.63) is 54.4 Å². The summed E-state index contributed by atoms with van der Waals surface area (Å²) in [5, 5.41) is 13.3. The van der Waals surface area contributed by atoms with Gasteiger partial charge in [0.15, 0.2) is 0 Å². The number of pyridine rings is 1. The van der Waals surface area contributed by atoms with Gasteiger partial charge in [0, 0.05) is 22.9 Å². The molecule has 1 amide bonds. The van der Waals surface area contributed by atoms with Gasteiger partial charge in [-0.25, -0.2) is 4.98 Å². The second-order valence-electron chi connectivity index (χ2n) is 6.98. The molecular weight excluding hydrogens is 324 g/mol. The first-order chi connectivity index (χ1) is 12.7. The van der Waals surface area contributed by atoms with E-state index in [1.165, 1.54) is 11.1 Å². The average Bonchev–Trinajstić information content (AvgIpc) is 3.40. The van der Waals surface area contributed by atoms with Crippen LogP contribution in [0.15, 0.2) is 48.8 Å². The van der Waals surface area contributed by atoms with Crippen LogP contribution in [0.5, 0.6) is 0 Å². The Morgan fingerprint density at radius 3 is 2.85 bits per heavy atom. The van der Waals surface area contributed by atoms with Gasteiger partial charge in [-0.3, -0.25) is 9.89 Å². The van der Waals surface area contributed by atoms with Crippen molar-refractivity contribution >= 4 is 33.4 Å². The third-order valence-corrected chi connectivity index (χ3v) is 5.04. The Morgan fingerprint density at radius 1 is 1.12 bits per heavy atom. The molecule has 0 atom stereocenters. The molecule has 5 nitrogen and oxygen atoms in total. The molecule has 0 radical (unpaired) electrons. The van der Waals surface area contributed by atoms with Crippen LogP contribution < -0.4 is 5.32 Å². The minimum Gasteiger partial charge on any atom is -0.310 e. The Morgan fingerprint density at radius 2 is 2.00 bits per heavy atom. The number of aromatic nitrogens is 3. The number of aromatic amines is 1. The highest BCUT2D eigenvalue weighted by Crippen LogP contribution is 2.33. The van der Waals surface area contributed by atoms with E-state index in [4.69, 9.17) is 0 Å². The van der Waals surface area contributed by atoms with Crippen LogP contribution in [0, 0.1) is 12.8 Å². The van der Waals surface area contributed by atoms with Gasteiger partial charge in [-0.1, -0.05) is 18.2 Å². The molecule has 0 saturated heterocycles. The molecule has 2 heterocycles. The molecule has 5 heteroatoms. The molecule has 128 valence electrons.